The minimum atomic E-state index is -4.84. The molecule has 0 saturated carbocycles. The molecule has 4 nitrogen and oxygen atoms in total. The molecule has 0 spiro atoms. The molecule has 31 heavy (non-hydrogen) atoms. The molecule has 0 atom stereocenters. The van der Waals surface area contributed by atoms with Gasteiger partial charge in [0.05, 0.1) is 11.4 Å². The van der Waals surface area contributed by atoms with Crippen LogP contribution in [0.4, 0.5) is 13.2 Å². The Morgan fingerprint density at radius 2 is 1.29 bits per heavy atom. The number of nitrogens with zero attached hydrogens (tertiary/aromatic N) is 1. The van der Waals surface area contributed by atoms with Crippen molar-refractivity contribution in [3.05, 3.63) is 84.9 Å². The number of rotatable bonds is 4. The van der Waals surface area contributed by atoms with E-state index in [4.69, 9.17) is 0 Å². The average Bonchev–Trinajstić information content (AvgIpc) is 2.73. The fourth-order valence-electron chi connectivity index (χ4n) is 3.21. The number of phenols is 2. The second kappa shape index (κ2) is 8.02. The van der Waals surface area contributed by atoms with Gasteiger partial charge in [0.15, 0.2) is 0 Å². The number of benzene rings is 3. The van der Waals surface area contributed by atoms with Crippen LogP contribution in [-0.4, -0.2) is 21.6 Å². The highest BCUT2D eigenvalue weighted by Gasteiger charge is 2.32. The molecule has 4 rings (SSSR count). The summed E-state index contributed by atoms with van der Waals surface area (Å²) in [5.41, 5.74) is 2.55. The van der Waals surface area contributed by atoms with Gasteiger partial charge >= 0.3 is 6.36 Å². The molecule has 1 heterocycles. The van der Waals surface area contributed by atoms with Crippen molar-refractivity contribution in [2.45, 2.75) is 6.36 Å². The molecule has 0 unspecified atom stereocenters. The number of phenolic OH excluding ortho intramolecular Hbond substituents is 2. The minimum absolute atomic E-state index is 0.0105. The molecule has 156 valence electrons. The molecule has 1 aromatic heterocycles. The van der Waals surface area contributed by atoms with E-state index in [1.807, 2.05) is 0 Å². The van der Waals surface area contributed by atoms with Gasteiger partial charge in [-0.2, -0.15) is 0 Å². The number of hydrogen-bond donors (Lipinski definition) is 2. The number of halogens is 3. The monoisotopic (exact) mass is 423 g/mol. The van der Waals surface area contributed by atoms with E-state index in [1.54, 1.807) is 48.5 Å². The first-order valence-electron chi connectivity index (χ1n) is 9.25. The highest BCUT2D eigenvalue weighted by Crippen LogP contribution is 2.38. The quantitative estimate of drug-likeness (QED) is 0.399. The zero-order valence-corrected chi connectivity index (χ0v) is 16.0. The first-order valence-corrected chi connectivity index (χ1v) is 9.25. The summed E-state index contributed by atoms with van der Waals surface area (Å²) in [5.74, 6) is -0.283. The van der Waals surface area contributed by atoms with E-state index >= 15 is 0 Å². The van der Waals surface area contributed by atoms with Crippen LogP contribution >= 0.6 is 0 Å². The van der Waals surface area contributed by atoms with Crippen LogP contribution in [-0.2, 0) is 0 Å². The van der Waals surface area contributed by atoms with Gasteiger partial charge in [-0.25, -0.2) is 4.98 Å². The van der Waals surface area contributed by atoms with E-state index < -0.39 is 6.36 Å². The lowest BCUT2D eigenvalue weighted by molar-refractivity contribution is -0.274. The summed E-state index contributed by atoms with van der Waals surface area (Å²) in [6, 6.07) is 21.9. The van der Waals surface area contributed by atoms with Crippen LogP contribution in [0, 0.1) is 0 Å². The van der Waals surface area contributed by atoms with Crippen LogP contribution in [0.15, 0.2) is 84.9 Å². The van der Waals surface area contributed by atoms with Crippen molar-refractivity contribution >= 4 is 0 Å². The van der Waals surface area contributed by atoms with Gasteiger partial charge < -0.3 is 14.9 Å². The predicted molar refractivity (Wildman–Crippen MR) is 111 cm³/mol. The van der Waals surface area contributed by atoms with E-state index in [9.17, 15) is 23.4 Å². The summed E-state index contributed by atoms with van der Waals surface area (Å²) in [6.07, 6.45) is -4.84. The Morgan fingerprint density at radius 3 is 1.97 bits per heavy atom. The zero-order valence-electron chi connectivity index (χ0n) is 16.0. The minimum Gasteiger partial charge on any atom is -0.508 e. The van der Waals surface area contributed by atoms with Crippen LogP contribution in [0.5, 0.6) is 17.2 Å². The smallest absolute Gasteiger partial charge is 0.508 e. The molecule has 0 aliphatic heterocycles. The van der Waals surface area contributed by atoms with Gasteiger partial charge in [0, 0.05) is 16.7 Å². The van der Waals surface area contributed by atoms with Crippen LogP contribution < -0.4 is 4.74 Å². The van der Waals surface area contributed by atoms with Crippen molar-refractivity contribution in [3.63, 3.8) is 0 Å². The molecule has 3 aromatic carbocycles. The Labute approximate surface area is 175 Å². The molecular weight excluding hydrogens is 407 g/mol. The molecule has 0 radical (unpaired) electrons. The van der Waals surface area contributed by atoms with Crippen molar-refractivity contribution < 1.29 is 28.1 Å². The van der Waals surface area contributed by atoms with Crippen molar-refractivity contribution in [1.29, 1.82) is 0 Å². The lowest BCUT2D eigenvalue weighted by atomic mass is 9.99. The highest BCUT2D eigenvalue weighted by atomic mass is 19.4. The molecule has 0 aliphatic carbocycles. The third-order valence-corrected chi connectivity index (χ3v) is 4.59. The maximum absolute atomic E-state index is 12.9. The second-order valence-electron chi connectivity index (χ2n) is 6.73. The van der Waals surface area contributed by atoms with Crippen LogP contribution in [0.3, 0.4) is 0 Å². The zero-order chi connectivity index (χ0) is 22.0. The van der Waals surface area contributed by atoms with Gasteiger partial charge in [0.1, 0.15) is 17.2 Å². The third-order valence-electron chi connectivity index (χ3n) is 4.59. The van der Waals surface area contributed by atoms with E-state index in [1.165, 1.54) is 36.4 Å². The van der Waals surface area contributed by atoms with Crippen molar-refractivity contribution in [3.8, 4) is 50.9 Å². The molecule has 2 N–H and O–H groups in total. The average molecular weight is 423 g/mol. The molecule has 0 saturated heterocycles. The van der Waals surface area contributed by atoms with Crippen LogP contribution in [0.25, 0.3) is 33.6 Å². The Hall–Kier alpha value is -4.00. The molecule has 0 amide bonds. The van der Waals surface area contributed by atoms with Gasteiger partial charge in [-0.1, -0.05) is 30.3 Å². The molecule has 7 heteroatoms. The topological polar surface area (TPSA) is 62.6 Å². The van der Waals surface area contributed by atoms with Gasteiger partial charge in [-0.15, -0.1) is 13.2 Å². The number of alkyl halides is 3. The summed E-state index contributed by atoms with van der Waals surface area (Å²) in [5, 5.41) is 19.9. The number of aromatic nitrogens is 1. The predicted octanol–water partition coefficient (Wildman–Crippen LogP) is 6.39. The highest BCUT2D eigenvalue weighted by molar-refractivity contribution is 5.80. The van der Waals surface area contributed by atoms with Gasteiger partial charge in [0.25, 0.3) is 0 Å². The molecule has 0 bridgehead atoms. The van der Waals surface area contributed by atoms with Gasteiger partial charge in [-0.3, -0.25) is 0 Å². The van der Waals surface area contributed by atoms with Gasteiger partial charge in [-0.05, 0) is 60.2 Å². The summed E-state index contributed by atoms with van der Waals surface area (Å²) >= 11 is 0. The number of hydrogen-bond acceptors (Lipinski definition) is 4. The van der Waals surface area contributed by atoms with E-state index in [-0.39, 0.29) is 22.8 Å². The Bertz CT molecular complexity index is 1220. The van der Waals surface area contributed by atoms with Crippen molar-refractivity contribution in [1.82, 2.24) is 4.98 Å². The van der Waals surface area contributed by atoms with Crippen molar-refractivity contribution in [2.24, 2.45) is 0 Å². The Morgan fingerprint density at radius 1 is 0.677 bits per heavy atom. The fraction of sp³-hybridized carbons (Fsp3) is 0.0417. The summed E-state index contributed by atoms with van der Waals surface area (Å²) in [4.78, 5) is 4.59. The molecule has 0 aliphatic rings. The summed E-state index contributed by atoms with van der Waals surface area (Å²) in [7, 11) is 0. The SMILES string of the molecule is Oc1ccc(-c2cc(-c3ccccc3OC(F)(F)F)cc(-c3ccccc3O)n2)cc1. The Balaban J connectivity index is 1.93. The number of para-hydroxylation sites is 2. The molecule has 4 aromatic rings. The second-order valence-corrected chi connectivity index (χ2v) is 6.73. The van der Waals surface area contributed by atoms with Crippen molar-refractivity contribution in [2.75, 3.05) is 0 Å². The van der Waals surface area contributed by atoms with E-state index in [0.29, 0.717) is 28.1 Å². The summed E-state index contributed by atoms with van der Waals surface area (Å²) in [6.45, 7) is 0. The Kier molecular flexibility index (Phi) is 5.25. The molecule has 0 fully saturated rings. The van der Waals surface area contributed by atoms with Gasteiger partial charge in [0.2, 0.25) is 0 Å². The number of ether oxygens (including phenoxy) is 1. The van der Waals surface area contributed by atoms with E-state index in [2.05, 4.69) is 9.72 Å². The standard InChI is InChI=1S/C24H16F3NO3/c25-24(26,27)31-23-8-4-2-5-18(23)16-13-20(15-9-11-17(29)12-10-15)28-21(14-16)19-6-1-3-7-22(19)30/h1-14,29-30H. The molecular formula is C24H16F3NO3. The van der Waals surface area contributed by atoms with E-state index in [0.717, 1.165) is 0 Å². The number of aromatic hydroxyl groups is 2. The number of pyridine rings is 1. The maximum atomic E-state index is 12.9. The lowest BCUT2D eigenvalue weighted by Gasteiger charge is -2.15. The normalized spacial score (nSPS) is 11.3. The van der Waals surface area contributed by atoms with Crippen LogP contribution in [0.1, 0.15) is 0 Å². The fourth-order valence-corrected chi connectivity index (χ4v) is 3.21. The first-order chi connectivity index (χ1) is 14.8. The largest absolute Gasteiger partial charge is 0.573 e. The van der Waals surface area contributed by atoms with Crippen LogP contribution in [0.2, 0.25) is 0 Å². The lowest BCUT2D eigenvalue weighted by Crippen LogP contribution is -2.17. The first kappa shape index (κ1) is 20.3. The maximum Gasteiger partial charge on any atom is 0.573 e. The summed E-state index contributed by atoms with van der Waals surface area (Å²) < 4.78 is 43.0. The third kappa shape index (κ3) is 4.61.